The molecule has 1 N–H and O–H groups in total. The molecule has 0 aliphatic rings. The van der Waals surface area contributed by atoms with Gasteiger partial charge >= 0.3 is 0 Å². The molecule has 0 aromatic rings. The number of nitrogens with one attached hydrogen (secondary N) is 1. The lowest BCUT2D eigenvalue weighted by Gasteiger charge is -2.23. The topological polar surface area (TPSA) is 30.5 Å². The second-order valence-corrected chi connectivity index (χ2v) is 3.92. The van der Waals surface area contributed by atoms with Crippen LogP contribution in [-0.4, -0.2) is 32.1 Å². The molecule has 0 unspecified atom stereocenters. The van der Waals surface area contributed by atoms with Gasteiger partial charge in [-0.05, 0) is 26.7 Å². The Kier molecular flexibility index (Phi) is 9.06. The largest absolute Gasteiger partial charge is 0.352 e. The Bertz CT molecular complexity index is 136. The van der Waals surface area contributed by atoms with Gasteiger partial charge in [-0.15, -0.1) is 0 Å². The highest BCUT2D eigenvalue weighted by atomic mass is 16.7. The van der Waals surface area contributed by atoms with E-state index >= 15 is 0 Å². The SMILES string of the molecule is CCOC(CN[C@H](C)[C@H](C)CC)OCC. The number of hydrogen-bond donors (Lipinski definition) is 1. The lowest BCUT2D eigenvalue weighted by Crippen LogP contribution is -2.39. The van der Waals surface area contributed by atoms with Crippen molar-refractivity contribution in [3.05, 3.63) is 0 Å². The third-order valence-corrected chi connectivity index (χ3v) is 2.81. The molecule has 0 spiro atoms. The van der Waals surface area contributed by atoms with Crippen molar-refractivity contribution in [2.24, 2.45) is 5.92 Å². The molecule has 3 heteroatoms. The standard InChI is InChI=1S/C12H27NO2/c1-6-10(4)11(5)13-9-12(14-7-2)15-8-3/h10-13H,6-9H2,1-5H3/t10-,11-/m1/s1. The van der Waals surface area contributed by atoms with Gasteiger partial charge in [0.25, 0.3) is 0 Å². The predicted molar refractivity (Wildman–Crippen MR) is 64.0 cm³/mol. The molecule has 3 nitrogen and oxygen atoms in total. The molecule has 0 aromatic heterocycles. The summed E-state index contributed by atoms with van der Waals surface area (Å²) < 4.78 is 10.9. The molecule has 2 atom stereocenters. The van der Waals surface area contributed by atoms with Crippen LogP contribution in [0.2, 0.25) is 0 Å². The quantitative estimate of drug-likeness (QED) is 0.602. The van der Waals surface area contributed by atoms with E-state index in [2.05, 4.69) is 26.1 Å². The van der Waals surface area contributed by atoms with Crippen LogP contribution in [0, 0.1) is 5.92 Å². The molecule has 0 radical (unpaired) electrons. The van der Waals surface area contributed by atoms with Crippen LogP contribution in [0.1, 0.15) is 41.0 Å². The fourth-order valence-electron chi connectivity index (χ4n) is 1.37. The lowest BCUT2D eigenvalue weighted by atomic mass is 10.0. The second kappa shape index (κ2) is 9.13. The zero-order valence-corrected chi connectivity index (χ0v) is 10.9. The molecular weight excluding hydrogens is 190 g/mol. The van der Waals surface area contributed by atoms with Crippen LogP contribution in [0.3, 0.4) is 0 Å². The molecule has 0 heterocycles. The Morgan fingerprint density at radius 1 is 1.00 bits per heavy atom. The molecule has 0 bridgehead atoms. The molecule has 0 saturated heterocycles. The molecular formula is C12H27NO2. The van der Waals surface area contributed by atoms with Crippen LogP contribution in [-0.2, 0) is 9.47 Å². The summed E-state index contributed by atoms with van der Waals surface area (Å²) in [4.78, 5) is 0. The number of rotatable bonds is 9. The Morgan fingerprint density at radius 2 is 1.53 bits per heavy atom. The van der Waals surface area contributed by atoms with Crippen molar-refractivity contribution in [2.45, 2.75) is 53.4 Å². The van der Waals surface area contributed by atoms with Crippen molar-refractivity contribution < 1.29 is 9.47 Å². The first-order valence-electron chi connectivity index (χ1n) is 6.12. The maximum Gasteiger partial charge on any atom is 0.169 e. The minimum Gasteiger partial charge on any atom is -0.352 e. The normalized spacial score (nSPS) is 15.6. The van der Waals surface area contributed by atoms with Gasteiger partial charge in [-0.1, -0.05) is 20.3 Å². The third-order valence-electron chi connectivity index (χ3n) is 2.81. The predicted octanol–water partition coefficient (Wildman–Crippen LogP) is 2.41. The van der Waals surface area contributed by atoms with Gasteiger partial charge in [0, 0.05) is 25.8 Å². The summed E-state index contributed by atoms with van der Waals surface area (Å²) in [6.45, 7) is 12.8. The van der Waals surface area contributed by atoms with E-state index in [1.807, 2.05) is 13.8 Å². The van der Waals surface area contributed by atoms with Gasteiger partial charge in [0.15, 0.2) is 6.29 Å². The zero-order chi connectivity index (χ0) is 11.7. The minimum absolute atomic E-state index is 0.105. The van der Waals surface area contributed by atoms with Crippen LogP contribution in [0.15, 0.2) is 0 Å². The maximum absolute atomic E-state index is 5.46. The van der Waals surface area contributed by atoms with E-state index < -0.39 is 0 Å². The van der Waals surface area contributed by atoms with Gasteiger partial charge in [0.05, 0.1) is 0 Å². The van der Waals surface area contributed by atoms with Gasteiger partial charge < -0.3 is 14.8 Å². The van der Waals surface area contributed by atoms with E-state index in [-0.39, 0.29) is 6.29 Å². The summed E-state index contributed by atoms with van der Waals surface area (Å²) in [7, 11) is 0. The van der Waals surface area contributed by atoms with Gasteiger partial charge in [0.2, 0.25) is 0 Å². The number of hydrogen-bond acceptors (Lipinski definition) is 3. The number of ether oxygens (including phenoxy) is 2. The monoisotopic (exact) mass is 217 g/mol. The highest BCUT2D eigenvalue weighted by Gasteiger charge is 2.13. The molecule has 0 amide bonds. The summed E-state index contributed by atoms with van der Waals surface area (Å²) in [5.41, 5.74) is 0. The summed E-state index contributed by atoms with van der Waals surface area (Å²) in [6.07, 6.45) is 1.09. The second-order valence-electron chi connectivity index (χ2n) is 3.92. The van der Waals surface area contributed by atoms with Gasteiger partial charge in [0.1, 0.15) is 0 Å². The first-order valence-corrected chi connectivity index (χ1v) is 6.12. The van der Waals surface area contributed by atoms with E-state index in [4.69, 9.17) is 9.47 Å². The lowest BCUT2D eigenvalue weighted by molar-refractivity contribution is -0.134. The third kappa shape index (κ3) is 6.88. The van der Waals surface area contributed by atoms with Crippen LogP contribution < -0.4 is 5.32 Å². The molecule has 92 valence electrons. The zero-order valence-electron chi connectivity index (χ0n) is 10.9. The van der Waals surface area contributed by atoms with E-state index in [1.165, 1.54) is 6.42 Å². The average molecular weight is 217 g/mol. The Hall–Kier alpha value is -0.120. The van der Waals surface area contributed by atoms with Crippen LogP contribution in [0.25, 0.3) is 0 Å². The molecule has 15 heavy (non-hydrogen) atoms. The van der Waals surface area contributed by atoms with Crippen LogP contribution in [0.4, 0.5) is 0 Å². The fourth-order valence-corrected chi connectivity index (χ4v) is 1.37. The molecule has 0 rings (SSSR count). The first-order chi connectivity index (χ1) is 7.15. The fraction of sp³-hybridized carbons (Fsp3) is 1.00. The Labute approximate surface area is 94.5 Å². The summed E-state index contributed by atoms with van der Waals surface area (Å²) >= 11 is 0. The van der Waals surface area contributed by atoms with Crippen molar-refractivity contribution >= 4 is 0 Å². The average Bonchev–Trinajstić information content (AvgIpc) is 2.25. The van der Waals surface area contributed by atoms with Crippen molar-refractivity contribution in [2.75, 3.05) is 19.8 Å². The van der Waals surface area contributed by atoms with Gasteiger partial charge in [-0.3, -0.25) is 0 Å². The summed E-state index contributed by atoms with van der Waals surface area (Å²) in [5, 5.41) is 3.45. The van der Waals surface area contributed by atoms with Crippen molar-refractivity contribution in [1.29, 1.82) is 0 Å². The summed E-state index contributed by atoms with van der Waals surface area (Å²) in [6, 6.07) is 0.512. The maximum atomic E-state index is 5.46. The van der Waals surface area contributed by atoms with E-state index in [9.17, 15) is 0 Å². The summed E-state index contributed by atoms with van der Waals surface area (Å²) in [5.74, 6) is 0.689. The molecule has 0 fully saturated rings. The first kappa shape index (κ1) is 14.9. The molecule has 0 aliphatic carbocycles. The highest BCUT2D eigenvalue weighted by molar-refractivity contribution is 4.67. The van der Waals surface area contributed by atoms with Gasteiger partial charge in [-0.2, -0.15) is 0 Å². The van der Waals surface area contributed by atoms with Crippen molar-refractivity contribution in [1.82, 2.24) is 5.32 Å². The van der Waals surface area contributed by atoms with E-state index in [0.717, 1.165) is 6.54 Å². The Morgan fingerprint density at radius 3 is 1.93 bits per heavy atom. The molecule has 0 saturated carbocycles. The smallest absolute Gasteiger partial charge is 0.169 e. The van der Waals surface area contributed by atoms with Gasteiger partial charge in [-0.25, -0.2) is 0 Å². The van der Waals surface area contributed by atoms with Crippen molar-refractivity contribution in [3.63, 3.8) is 0 Å². The Balaban J connectivity index is 3.76. The van der Waals surface area contributed by atoms with Crippen molar-refractivity contribution in [3.8, 4) is 0 Å². The highest BCUT2D eigenvalue weighted by Crippen LogP contribution is 2.06. The molecule has 0 aliphatic heterocycles. The minimum atomic E-state index is -0.105. The van der Waals surface area contributed by atoms with E-state index in [0.29, 0.717) is 25.2 Å². The van der Waals surface area contributed by atoms with E-state index in [1.54, 1.807) is 0 Å². The van der Waals surface area contributed by atoms with Crippen LogP contribution >= 0.6 is 0 Å². The molecule has 0 aromatic carbocycles. The van der Waals surface area contributed by atoms with Crippen LogP contribution in [0.5, 0.6) is 0 Å².